The van der Waals surface area contributed by atoms with Crippen molar-refractivity contribution in [1.29, 1.82) is 0 Å². The van der Waals surface area contributed by atoms with Crippen molar-refractivity contribution >= 4 is 0 Å². The van der Waals surface area contributed by atoms with Crippen LogP contribution in [0.15, 0.2) is 0 Å². The first-order chi connectivity index (χ1) is 5.20. The molecule has 1 N–H and O–H groups in total. The Morgan fingerprint density at radius 3 is 2.17 bits per heavy atom. The molecule has 1 fully saturated rings. The van der Waals surface area contributed by atoms with Crippen LogP contribution in [0.1, 0.15) is 27.2 Å². The van der Waals surface area contributed by atoms with Gasteiger partial charge in [-0.25, -0.2) is 0 Å². The van der Waals surface area contributed by atoms with Crippen LogP contribution in [-0.4, -0.2) is 31.8 Å². The van der Waals surface area contributed by atoms with E-state index in [1.54, 1.807) is 4.90 Å². The maximum absolute atomic E-state index is 5.32. The predicted octanol–water partition coefficient (Wildman–Crippen LogP) is -2.91. The third-order valence-electron chi connectivity index (χ3n) is 2.64. The topological polar surface area (TPSA) is 17.0 Å². The van der Waals surface area contributed by atoms with E-state index in [9.17, 15) is 0 Å². The van der Waals surface area contributed by atoms with Gasteiger partial charge in [0, 0.05) is 6.42 Å². The molecule has 1 aliphatic heterocycles. The van der Waals surface area contributed by atoms with Crippen LogP contribution < -0.4 is 17.3 Å². The van der Waals surface area contributed by atoms with Crippen LogP contribution in [0.5, 0.6) is 0 Å². The fourth-order valence-corrected chi connectivity index (χ4v) is 1.31. The van der Waals surface area contributed by atoms with Crippen LogP contribution >= 0.6 is 0 Å². The molecule has 0 radical (unpaired) electrons. The van der Waals surface area contributed by atoms with Crippen molar-refractivity contribution in [3.05, 3.63) is 0 Å². The number of epoxide rings is 1. The van der Waals surface area contributed by atoms with Gasteiger partial charge in [0.25, 0.3) is 0 Å². The third-order valence-corrected chi connectivity index (χ3v) is 2.64. The summed E-state index contributed by atoms with van der Waals surface area (Å²) in [7, 11) is 0. The minimum Gasteiger partial charge on any atom is -1.00 e. The highest BCUT2D eigenvalue weighted by atomic mass is 35.5. The van der Waals surface area contributed by atoms with Crippen molar-refractivity contribution in [2.45, 2.75) is 32.8 Å². The molecule has 0 saturated carbocycles. The average molecular weight is 194 g/mol. The second kappa shape index (κ2) is 5.05. The summed E-state index contributed by atoms with van der Waals surface area (Å²) in [5, 5.41) is 0. The molecule has 12 heavy (non-hydrogen) atoms. The van der Waals surface area contributed by atoms with Crippen LogP contribution in [0.25, 0.3) is 0 Å². The average Bonchev–Trinajstić information content (AvgIpc) is 2.71. The number of rotatable bonds is 5. The molecule has 0 bridgehead atoms. The molecule has 1 saturated heterocycles. The van der Waals surface area contributed by atoms with Gasteiger partial charge in [-0.2, -0.15) is 0 Å². The fourth-order valence-electron chi connectivity index (χ4n) is 1.31. The molecule has 2 nitrogen and oxygen atoms in total. The molecule has 1 heterocycles. The van der Waals surface area contributed by atoms with E-state index in [0.717, 1.165) is 6.61 Å². The standard InChI is InChI=1S/C9H19NO.ClH/c1-4-10(5-2)7-6-9(3)8-11-9;/h4-8H2,1-3H3;1H. The summed E-state index contributed by atoms with van der Waals surface area (Å²) in [4.78, 5) is 1.68. The van der Waals surface area contributed by atoms with E-state index in [1.807, 2.05) is 0 Å². The van der Waals surface area contributed by atoms with Crippen molar-refractivity contribution in [2.24, 2.45) is 0 Å². The van der Waals surface area contributed by atoms with Crippen molar-refractivity contribution in [3.63, 3.8) is 0 Å². The number of quaternary nitrogens is 1. The molecular weight excluding hydrogens is 174 g/mol. The summed E-state index contributed by atoms with van der Waals surface area (Å²) in [5.74, 6) is 0. The molecule has 1 atom stereocenters. The summed E-state index contributed by atoms with van der Waals surface area (Å²) < 4.78 is 5.32. The van der Waals surface area contributed by atoms with E-state index in [-0.39, 0.29) is 18.0 Å². The van der Waals surface area contributed by atoms with E-state index in [2.05, 4.69) is 20.8 Å². The van der Waals surface area contributed by atoms with E-state index in [0.29, 0.717) is 0 Å². The predicted molar refractivity (Wildman–Crippen MR) is 45.9 cm³/mol. The van der Waals surface area contributed by atoms with E-state index < -0.39 is 0 Å². The van der Waals surface area contributed by atoms with Gasteiger partial charge in [-0.05, 0) is 20.8 Å². The number of nitrogens with one attached hydrogen (secondary N) is 1. The monoisotopic (exact) mass is 193 g/mol. The summed E-state index contributed by atoms with van der Waals surface area (Å²) in [6, 6.07) is 0. The first kappa shape index (κ1) is 12.2. The number of hydrogen-bond donors (Lipinski definition) is 1. The smallest absolute Gasteiger partial charge is 0.0942 e. The normalized spacial score (nSPS) is 27.0. The molecule has 3 heteroatoms. The molecule has 74 valence electrons. The lowest BCUT2D eigenvalue weighted by Gasteiger charge is -2.16. The van der Waals surface area contributed by atoms with Crippen molar-refractivity contribution in [2.75, 3.05) is 26.2 Å². The van der Waals surface area contributed by atoms with Gasteiger partial charge >= 0.3 is 0 Å². The number of hydrogen-bond acceptors (Lipinski definition) is 1. The van der Waals surface area contributed by atoms with Crippen LogP contribution in [0.2, 0.25) is 0 Å². The van der Waals surface area contributed by atoms with Gasteiger partial charge in [0.15, 0.2) is 0 Å². The van der Waals surface area contributed by atoms with Gasteiger partial charge < -0.3 is 22.0 Å². The molecule has 1 aliphatic rings. The maximum Gasteiger partial charge on any atom is 0.0942 e. The Balaban J connectivity index is 0.00000121. The molecule has 0 amide bonds. The Hall–Kier alpha value is 0.210. The Bertz CT molecular complexity index is 122. The summed E-state index contributed by atoms with van der Waals surface area (Å²) in [6.07, 6.45) is 1.23. The first-order valence-corrected chi connectivity index (χ1v) is 4.67. The Morgan fingerprint density at radius 1 is 1.33 bits per heavy atom. The SMILES string of the molecule is CC[NH+](CC)CCC1(C)CO1.[Cl-]. The van der Waals surface area contributed by atoms with E-state index in [4.69, 9.17) is 4.74 Å². The second-order valence-corrected chi connectivity index (χ2v) is 3.70. The zero-order valence-electron chi connectivity index (χ0n) is 8.32. The van der Waals surface area contributed by atoms with Gasteiger partial charge in [0.1, 0.15) is 0 Å². The summed E-state index contributed by atoms with van der Waals surface area (Å²) >= 11 is 0. The first-order valence-electron chi connectivity index (χ1n) is 4.67. The zero-order valence-corrected chi connectivity index (χ0v) is 9.08. The molecule has 0 aromatic heterocycles. The molecule has 0 spiro atoms. The van der Waals surface area contributed by atoms with E-state index in [1.165, 1.54) is 26.1 Å². The molecule has 0 aromatic rings. The summed E-state index contributed by atoms with van der Waals surface area (Å²) in [6.45, 7) is 11.4. The maximum atomic E-state index is 5.32. The van der Waals surface area contributed by atoms with Gasteiger partial charge in [-0.3, -0.25) is 0 Å². The molecule has 0 aromatic carbocycles. The number of ether oxygens (including phenoxy) is 1. The lowest BCUT2D eigenvalue weighted by Crippen LogP contribution is -3.11. The van der Waals surface area contributed by atoms with Crippen molar-refractivity contribution in [3.8, 4) is 0 Å². The van der Waals surface area contributed by atoms with Crippen LogP contribution in [0.3, 0.4) is 0 Å². The van der Waals surface area contributed by atoms with Crippen molar-refractivity contribution in [1.82, 2.24) is 0 Å². The molecule has 0 aliphatic carbocycles. The van der Waals surface area contributed by atoms with Crippen molar-refractivity contribution < 1.29 is 22.0 Å². The second-order valence-electron chi connectivity index (χ2n) is 3.70. The minimum absolute atomic E-state index is 0. The molecule has 1 rings (SSSR count). The highest BCUT2D eigenvalue weighted by molar-refractivity contribution is 4.85. The van der Waals surface area contributed by atoms with Gasteiger partial charge in [-0.1, -0.05) is 0 Å². The van der Waals surface area contributed by atoms with Gasteiger partial charge in [0.05, 0.1) is 31.8 Å². The third kappa shape index (κ3) is 3.74. The zero-order chi connectivity index (χ0) is 8.32. The van der Waals surface area contributed by atoms with Crippen LogP contribution in [0, 0.1) is 0 Å². The Labute approximate surface area is 81.7 Å². The largest absolute Gasteiger partial charge is 1.00 e. The Kier molecular flexibility index (Phi) is 5.14. The quantitative estimate of drug-likeness (QED) is 0.464. The minimum atomic E-state index is 0. The molecule has 1 unspecified atom stereocenters. The molecular formula is C9H20ClNO. The van der Waals surface area contributed by atoms with Gasteiger partial charge in [-0.15, -0.1) is 0 Å². The highest BCUT2D eigenvalue weighted by Gasteiger charge is 2.39. The number of halogens is 1. The fraction of sp³-hybridized carbons (Fsp3) is 1.00. The Morgan fingerprint density at radius 2 is 1.83 bits per heavy atom. The highest BCUT2D eigenvalue weighted by Crippen LogP contribution is 2.28. The lowest BCUT2D eigenvalue weighted by molar-refractivity contribution is -0.896. The van der Waals surface area contributed by atoms with Crippen LogP contribution in [0.4, 0.5) is 0 Å². The van der Waals surface area contributed by atoms with E-state index >= 15 is 0 Å². The van der Waals surface area contributed by atoms with Gasteiger partial charge in [0.2, 0.25) is 0 Å². The summed E-state index contributed by atoms with van der Waals surface area (Å²) in [5.41, 5.74) is 0.260. The lowest BCUT2D eigenvalue weighted by atomic mass is 10.1. The van der Waals surface area contributed by atoms with Crippen LogP contribution in [-0.2, 0) is 4.74 Å².